The Labute approximate surface area is 271 Å². The molecule has 0 saturated heterocycles. The minimum absolute atomic E-state index is 0.440. The summed E-state index contributed by atoms with van der Waals surface area (Å²) in [6.45, 7) is 6.18. The van der Waals surface area contributed by atoms with E-state index in [0.29, 0.717) is 0 Å². The Morgan fingerprint density at radius 2 is 1.02 bits per heavy atom. The minimum atomic E-state index is -0.440. The first-order valence-electron chi connectivity index (χ1n) is 16.0. The molecule has 0 heterocycles. The highest BCUT2D eigenvalue weighted by Crippen LogP contribution is 2.57. The fourth-order valence-electron chi connectivity index (χ4n) is 7.85. The first kappa shape index (κ1) is 27.8. The zero-order valence-electron chi connectivity index (χ0n) is 26.0. The molecule has 0 amide bonds. The van der Waals surface area contributed by atoms with Gasteiger partial charge in [-0.15, -0.1) is 0 Å². The number of hydrogen-bond donors (Lipinski definition) is 0. The van der Waals surface area contributed by atoms with Gasteiger partial charge in [-0.1, -0.05) is 182 Å². The molecule has 0 saturated carbocycles. The van der Waals surface area contributed by atoms with Crippen LogP contribution in [-0.2, 0) is 5.41 Å². The van der Waals surface area contributed by atoms with Crippen molar-refractivity contribution in [3.63, 3.8) is 0 Å². The van der Waals surface area contributed by atoms with E-state index in [9.17, 15) is 0 Å². The van der Waals surface area contributed by atoms with Gasteiger partial charge in [0.05, 0.1) is 5.41 Å². The molecule has 8 rings (SSSR count). The van der Waals surface area contributed by atoms with E-state index in [1.807, 2.05) is 12.2 Å². The smallest absolute Gasteiger partial charge is 0.0674 e. The van der Waals surface area contributed by atoms with Gasteiger partial charge in [0, 0.05) is 0 Å². The maximum absolute atomic E-state index is 3.91. The summed E-state index contributed by atoms with van der Waals surface area (Å²) in [7, 11) is 0. The van der Waals surface area contributed by atoms with E-state index in [1.165, 1.54) is 77.2 Å². The van der Waals surface area contributed by atoms with Crippen LogP contribution in [0, 0.1) is 0 Å². The molecule has 7 aromatic rings. The van der Waals surface area contributed by atoms with Gasteiger partial charge < -0.3 is 0 Å². The normalized spacial score (nSPS) is 15.7. The van der Waals surface area contributed by atoms with Crippen molar-refractivity contribution in [1.82, 2.24) is 0 Å². The first-order valence-corrected chi connectivity index (χ1v) is 16.0. The van der Waals surface area contributed by atoms with Crippen LogP contribution in [0.15, 0.2) is 188 Å². The molecule has 1 atom stereocenters. The summed E-state index contributed by atoms with van der Waals surface area (Å²) in [5.41, 5.74) is 12.4. The number of benzene rings is 7. The van der Waals surface area contributed by atoms with Crippen LogP contribution >= 0.6 is 0 Å². The lowest BCUT2D eigenvalue weighted by Gasteiger charge is -2.34. The average molecular weight is 587 g/mol. The van der Waals surface area contributed by atoms with Crippen LogP contribution in [0.25, 0.3) is 54.9 Å². The van der Waals surface area contributed by atoms with Crippen molar-refractivity contribution in [3.8, 4) is 33.4 Å². The largest absolute Gasteiger partial charge is 0.0991 e. The molecule has 0 nitrogen and oxygen atoms in total. The van der Waals surface area contributed by atoms with Crippen molar-refractivity contribution in [2.75, 3.05) is 0 Å². The Kier molecular flexibility index (Phi) is 6.85. The van der Waals surface area contributed by atoms with Gasteiger partial charge in [-0.05, 0) is 84.6 Å². The molecule has 0 aromatic heterocycles. The molecule has 46 heavy (non-hydrogen) atoms. The predicted octanol–water partition coefficient (Wildman–Crippen LogP) is 12.3. The molecule has 0 spiro atoms. The van der Waals surface area contributed by atoms with Gasteiger partial charge in [-0.3, -0.25) is 0 Å². The first-order chi connectivity index (χ1) is 22.7. The van der Waals surface area contributed by atoms with E-state index in [2.05, 4.69) is 177 Å². The van der Waals surface area contributed by atoms with Crippen molar-refractivity contribution < 1.29 is 0 Å². The molecule has 218 valence electrons. The van der Waals surface area contributed by atoms with E-state index >= 15 is 0 Å². The van der Waals surface area contributed by atoms with Crippen molar-refractivity contribution in [2.45, 2.75) is 12.3 Å². The molecule has 0 radical (unpaired) electrons. The van der Waals surface area contributed by atoms with Gasteiger partial charge in [0.1, 0.15) is 0 Å². The van der Waals surface area contributed by atoms with Crippen LogP contribution in [0.2, 0.25) is 0 Å². The summed E-state index contributed by atoms with van der Waals surface area (Å²) in [5.74, 6) is 0. The minimum Gasteiger partial charge on any atom is -0.0991 e. The second-order valence-electron chi connectivity index (χ2n) is 12.1. The number of fused-ring (bicyclic) bond motifs is 5. The molecule has 0 fully saturated rings. The van der Waals surface area contributed by atoms with Crippen molar-refractivity contribution in [2.24, 2.45) is 0 Å². The lowest BCUT2D eigenvalue weighted by atomic mass is 9.67. The van der Waals surface area contributed by atoms with Crippen LogP contribution in [0.3, 0.4) is 0 Å². The zero-order chi connectivity index (χ0) is 31.1. The maximum Gasteiger partial charge on any atom is 0.0674 e. The van der Waals surface area contributed by atoms with E-state index in [-0.39, 0.29) is 0 Å². The molecular weight excluding hydrogens is 553 g/mol. The molecule has 7 aromatic carbocycles. The molecule has 1 aliphatic rings. The quantitative estimate of drug-likeness (QED) is 0.134. The highest BCUT2D eigenvalue weighted by Gasteiger charge is 2.45. The van der Waals surface area contributed by atoms with Gasteiger partial charge in [0.2, 0.25) is 0 Å². The standard InChI is InChI=1S/C46H34/c1-3-4-7-18-32(2)46(35-21-10-6-11-22-35)42-28-17-16-23-36(42)37-30-29-34(31-43(37)46)45-40-26-14-12-24-38(40)44(33-19-8-5-9-20-33)39-25-13-15-27-41(39)45/h3-31H,1H2,2H3/b7-4-,32-18+. The molecule has 0 heteroatoms. The van der Waals surface area contributed by atoms with Crippen LogP contribution in [-0.4, -0.2) is 0 Å². The third-order valence-corrected chi connectivity index (χ3v) is 9.72. The molecule has 0 aliphatic heterocycles. The maximum atomic E-state index is 3.91. The van der Waals surface area contributed by atoms with Gasteiger partial charge in [0.15, 0.2) is 0 Å². The van der Waals surface area contributed by atoms with Crippen LogP contribution in [0.5, 0.6) is 0 Å². The SMILES string of the molecule is C=C/C=C\C=C(/C)C1(c2ccccc2)c2ccccc2-c2ccc(-c3c4ccccc4c(-c4ccccc4)c4ccccc34)cc21. The summed E-state index contributed by atoms with van der Waals surface area (Å²) in [6.07, 6.45) is 8.21. The Bertz CT molecular complexity index is 2260. The second kappa shape index (κ2) is 11.3. The molecule has 0 bridgehead atoms. The zero-order valence-corrected chi connectivity index (χ0v) is 26.0. The summed E-state index contributed by atoms with van der Waals surface area (Å²) >= 11 is 0. The van der Waals surface area contributed by atoms with Gasteiger partial charge >= 0.3 is 0 Å². The number of allylic oxidation sites excluding steroid dienone is 5. The Morgan fingerprint density at radius 1 is 0.500 bits per heavy atom. The highest BCUT2D eigenvalue weighted by molar-refractivity contribution is 6.21. The summed E-state index contributed by atoms with van der Waals surface area (Å²) < 4.78 is 0. The van der Waals surface area contributed by atoms with E-state index in [4.69, 9.17) is 0 Å². The highest BCUT2D eigenvalue weighted by atomic mass is 14.5. The fraction of sp³-hybridized carbons (Fsp3) is 0.0435. The number of rotatable bonds is 6. The van der Waals surface area contributed by atoms with Crippen LogP contribution in [0.1, 0.15) is 23.6 Å². The number of hydrogen-bond acceptors (Lipinski definition) is 0. The topological polar surface area (TPSA) is 0 Å². The lowest BCUT2D eigenvalue weighted by Crippen LogP contribution is -2.28. The predicted molar refractivity (Wildman–Crippen MR) is 197 cm³/mol. The van der Waals surface area contributed by atoms with Crippen LogP contribution < -0.4 is 0 Å². The Hall–Kier alpha value is -5.72. The van der Waals surface area contributed by atoms with Crippen molar-refractivity contribution >= 4 is 21.5 Å². The Balaban J connectivity index is 1.48. The third-order valence-electron chi connectivity index (χ3n) is 9.72. The Morgan fingerprint density at radius 3 is 1.65 bits per heavy atom. The molecule has 0 N–H and O–H groups in total. The monoisotopic (exact) mass is 586 g/mol. The average Bonchev–Trinajstić information content (AvgIpc) is 3.42. The molecule has 1 aliphatic carbocycles. The van der Waals surface area contributed by atoms with E-state index in [1.54, 1.807) is 0 Å². The van der Waals surface area contributed by atoms with Gasteiger partial charge in [-0.2, -0.15) is 0 Å². The summed E-state index contributed by atoms with van der Waals surface area (Å²) in [6, 6.07) is 55.8. The van der Waals surface area contributed by atoms with Crippen molar-refractivity contribution in [3.05, 3.63) is 205 Å². The van der Waals surface area contributed by atoms with E-state index < -0.39 is 5.41 Å². The molecule has 1 unspecified atom stereocenters. The van der Waals surface area contributed by atoms with Crippen molar-refractivity contribution in [1.29, 1.82) is 0 Å². The molecular formula is C46H34. The third kappa shape index (κ3) is 4.15. The van der Waals surface area contributed by atoms with Gasteiger partial charge in [-0.25, -0.2) is 0 Å². The fourth-order valence-corrected chi connectivity index (χ4v) is 7.85. The van der Waals surface area contributed by atoms with Crippen LogP contribution in [0.4, 0.5) is 0 Å². The summed E-state index contributed by atoms with van der Waals surface area (Å²) in [4.78, 5) is 0. The second-order valence-corrected chi connectivity index (χ2v) is 12.1. The summed E-state index contributed by atoms with van der Waals surface area (Å²) in [5, 5.41) is 5.07. The van der Waals surface area contributed by atoms with E-state index in [0.717, 1.165) is 0 Å². The lowest BCUT2D eigenvalue weighted by molar-refractivity contribution is 0.747. The van der Waals surface area contributed by atoms with Gasteiger partial charge in [0.25, 0.3) is 0 Å².